The highest BCUT2D eigenvalue weighted by atomic mass is 32.2. The van der Waals surface area contributed by atoms with E-state index in [0.29, 0.717) is 38.9 Å². The molecule has 3 N–H and O–H groups in total. The number of nitrogens with zero attached hydrogens (tertiary/aromatic N) is 1. The summed E-state index contributed by atoms with van der Waals surface area (Å²) in [6, 6.07) is 25.6. The van der Waals surface area contributed by atoms with Crippen molar-refractivity contribution in [2.45, 2.75) is 37.5 Å². The number of anilines is 2. The average Bonchev–Trinajstić information content (AvgIpc) is 2.98. The van der Waals surface area contributed by atoms with E-state index in [1.54, 1.807) is 30.3 Å². The van der Waals surface area contributed by atoms with Gasteiger partial charge in [0, 0.05) is 45.6 Å². The van der Waals surface area contributed by atoms with Crippen molar-refractivity contribution in [2.75, 3.05) is 5.32 Å². The lowest BCUT2D eigenvalue weighted by atomic mass is 9.93. The van der Waals surface area contributed by atoms with Gasteiger partial charge in [0.05, 0.1) is 15.9 Å². The van der Waals surface area contributed by atoms with Crippen LogP contribution in [0.5, 0.6) is 0 Å². The summed E-state index contributed by atoms with van der Waals surface area (Å²) in [5.74, 6) is 0.374. The third kappa shape index (κ3) is 5.93. The third-order valence-electron chi connectivity index (χ3n) is 7.93. The summed E-state index contributed by atoms with van der Waals surface area (Å²) in [6.07, 6.45) is 0. The first-order chi connectivity index (χ1) is 21.7. The van der Waals surface area contributed by atoms with Crippen molar-refractivity contribution in [3.8, 4) is 22.5 Å². The molecule has 0 unspecified atom stereocenters. The normalized spacial score (nSPS) is 12.6. The van der Waals surface area contributed by atoms with Gasteiger partial charge in [0.1, 0.15) is 16.2 Å². The van der Waals surface area contributed by atoms with E-state index < -0.39 is 30.0 Å². The van der Waals surface area contributed by atoms with Crippen LogP contribution in [0.25, 0.3) is 33.4 Å². The molecule has 11 heteroatoms. The summed E-state index contributed by atoms with van der Waals surface area (Å²) >= 11 is 0. The minimum atomic E-state index is -4.96. The van der Waals surface area contributed by atoms with Crippen LogP contribution in [0, 0.1) is 27.7 Å². The fraction of sp³-hybridized carbons (Fsp3) is 0.114. The molecule has 0 radical (unpaired) electrons. The average molecular weight is 655 g/mol. The molecule has 0 saturated carbocycles. The Bertz CT molecular complexity index is 2410. The molecule has 2 aliphatic rings. The van der Waals surface area contributed by atoms with Crippen LogP contribution in [0.3, 0.4) is 0 Å². The van der Waals surface area contributed by atoms with E-state index in [1.165, 1.54) is 6.07 Å². The Morgan fingerprint density at radius 1 is 0.674 bits per heavy atom. The SMILES string of the molecule is Cc1cccc(C)c1/N=c1/ccc2c(-c3ccc(S(=O)(=O)O)cc3S(=O)(=O)O)c3ccc(Nc4c(C)cccc4C)cc3oc-2c1. The van der Waals surface area contributed by atoms with Crippen LogP contribution < -0.4 is 10.7 Å². The first-order valence-electron chi connectivity index (χ1n) is 14.2. The van der Waals surface area contributed by atoms with Crippen LogP contribution in [-0.4, -0.2) is 25.9 Å². The summed E-state index contributed by atoms with van der Waals surface area (Å²) in [7, 11) is -9.72. The summed E-state index contributed by atoms with van der Waals surface area (Å²) in [4.78, 5) is 3.50. The number of para-hydroxylation sites is 2. The molecule has 1 heterocycles. The van der Waals surface area contributed by atoms with Crippen molar-refractivity contribution in [1.29, 1.82) is 0 Å². The molecule has 9 nitrogen and oxygen atoms in total. The predicted molar refractivity (Wildman–Crippen MR) is 178 cm³/mol. The fourth-order valence-electron chi connectivity index (χ4n) is 5.67. The molecule has 46 heavy (non-hydrogen) atoms. The molecule has 0 saturated heterocycles. The number of benzene rings is 5. The van der Waals surface area contributed by atoms with E-state index in [2.05, 4.69) is 5.32 Å². The molecule has 1 aliphatic carbocycles. The van der Waals surface area contributed by atoms with Gasteiger partial charge in [-0.2, -0.15) is 16.8 Å². The lowest BCUT2D eigenvalue weighted by Gasteiger charge is -2.19. The maximum absolute atomic E-state index is 12.7. The second-order valence-corrected chi connectivity index (χ2v) is 14.0. The van der Waals surface area contributed by atoms with Gasteiger partial charge in [-0.3, -0.25) is 9.11 Å². The number of rotatable bonds is 6. The molecule has 0 atom stereocenters. The molecule has 6 rings (SSSR count). The molecule has 4 aromatic carbocycles. The van der Waals surface area contributed by atoms with E-state index in [4.69, 9.17) is 9.41 Å². The number of fused-ring (bicyclic) bond motifs is 2. The van der Waals surface area contributed by atoms with Crippen molar-refractivity contribution in [2.24, 2.45) is 4.99 Å². The van der Waals surface area contributed by atoms with Gasteiger partial charge in [0.2, 0.25) is 0 Å². The molecule has 0 spiro atoms. The first kappa shape index (κ1) is 31.2. The van der Waals surface area contributed by atoms with Crippen molar-refractivity contribution in [3.05, 3.63) is 119 Å². The Balaban J connectivity index is 1.67. The highest BCUT2D eigenvalue weighted by Gasteiger charge is 2.26. The summed E-state index contributed by atoms with van der Waals surface area (Å²) in [6.45, 7) is 7.95. The zero-order chi connectivity index (χ0) is 33.0. The Kier molecular flexibility index (Phi) is 7.81. The van der Waals surface area contributed by atoms with E-state index >= 15 is 0 Å². The standard InChI is InChI=1S/C35H30N2O7S2/c1-20-7-5-8-21(2)34(20)36-24-11-14-27-30(17-24)44-31-18-25(37-35-22(3)9-6-10-23(35)4)12-15-28(31)33(27)29-16-13-26(45(38,39)40)19-32(29)46(41,42)43/h5-19,36H,1-4H3,(H,38,39,40)(H,41,42,43)/b37-25-. The van der Waals surface area contributed by atoms with Gasteiger partial charge in [-0.15, -0.1) is 0 Å². The molecule has 1 aliphatic heterocycles. The molecule has 0 fully saturated rings. The molecule has 234 valence electrons. The van der Waals surface area contributed by atoms with Gasteiger partial charge < -0.3 is 9.73 Å². The topological polar surface area (TPSA) is 146 Å². The lowest BCUT2D eigenvalue weighted by molar-refractivity contribution is 0.481. The van der Waals surface area contributed by atoms with Gasteiger partial charge >= 0.3 is 0 Å². The van der Waals surface area contributed by atoms with E-state index in [9.17, 15) is 25.9 Å². The lowest BCUT2D eigenvalue weighted by Crippen LogP contribution is -2.07. The highest BCUT2D eigenvalue weighted by Crippen LogP contribution is 2.43. The fourth-order valence-corrected chi connectivity index (χ4v) is 6.97. The highest BCUT2D eigenvalue weighted by molar-refractivity contribution is 7.86. The predicted octanol–water partition coefficient (Wildman–Crippen LogP) is 7.91. The molecule has 0 bridgehead atoms. The van der Waals surface area contributed by atoms with Gasteiger partial charge in [-0.05, 0) is 86.3 Å². The van der Waals surface area contributed by atoms with Gasteiger partial charge in [0.15, 0.2) is 0 Å². The van der Waals surface area contributed by atoms with Crippen LogP contribution in [0.2, 0.25) is 0 Å². The minimum absolute atomic E-state index is 0.0237. The minimum Gasteiger partial charge on any atom is -0.456 e. The van der Waals surface area contributed by atoms with Crippen LogP contribution >= 0.6 is 0 Å². The molecular weight excluding hydrogens is 625 g/mol. The third-order valence-corrected chi connectivity index (χ3v) is 9.68. The van der Waals surface area contributed by atoms with Gasteiger partial charge in [-0.25, -0.2) is 4.99 Å². The van der Waals surface area contributed by atoms with Gasteiger partial charge in [0.25, 0.3) is 20.2 Å². The largest absolute Gasteiger partial charge is 0.456 e. The number of hydrogen-bond acceptors (Lipinski definition) is 7. The summed E-state index contributed by atoms with van der Waals surface area (Å²) in [5.41, 5.74) is 7.84. The quantitative estimate of drug-likeness (QED) is 0.121. The second kappa shape index (κ2) is 11.5. The Morgan fingerprint density at radius 2 is 1.30 bits per heavy atom. The summed E-state index contributed by atoms with van der Waals surface area (Å²) < 4.78 is 75.4. The van der Waals surface area contributed by atoms with Crippen molar-refractivity contribution in [1.82, 2.24) is 0 Å². The van der Waals surface area contributed by atoms with Crippen LogP contribution in [0.15, 0.2) is 110 Å². The smallest absolute Gasteiger partial charge is 0.295 e. The number of aryl methyl sites for hydroxylation is 4. The zero-order valence-electron chi connectivity index (χ0n) is 25.4. The van der Waals surface area contributed by atoms with E-state index in [0.717, 1.165) is 45.8 Å². The molecule has 0 aromatic heterocycles. The van der Waals surface area contributed by atoms with Crippen LogP contribution in [-0.2, 0) is 20.2 Å². The Hall–Kier alpha value is -4.81. The number of nitrogens with one attached hydrogen (secondary N) is 1. The second-order valence-electron chi connectivity index (χ2n) is 11.2. The van der Waals surface area contributed by atoms with Crippen LogP contribution in [0.1, 0.15) is 22.3 Å². The van der Waals surface area contributed by atoms with Crippen molar-refractivity contribution in [3.63, 3.8) is 0 Å². The molecular formula is C35H30N2O7S2. The van der Waals surface area contributed by atoms with Crippen molar-refractivity contribution < 1.29 is 30.4 Å². The number of hydrogen-bond donors (Lipinski definition) is 3. The maximum Gasteiger partial charge on any atom is 0.295 e. The van der Waals surface area contributed by atoms with E-state index in [1.807, 2.05) is 70.2 Å². The Labute approximate surface area is 266 Å². The van der Waals surface area contributed by atoms with Gasteiger partial charge in [-0.1, -0.05) is 42.5 Å². The maximum atomic E-state index is 12.7. The zero-order valence-corrected chi connectivity index (χ0v) is 27.0. The monoisotopic (exact) mass is 654 g/mol. The molecule has 4 aromatic rings. The van der Waals surface area contributed by atoms with E-state index in [-0.39, 0.29) is 5.56 Å². The summed E-state index contributed by atoms with van der Waals surface area (Å²) in [5, 5.41) is 4.55. The first-order valence-corrected chi connectivity index (χ1v) is 17.1. The van der Waals surface area contributed by atoms with Crippen LogP contribution in [0.4, 0.5) is 17.1 Å². The molecule has 0 amide bonds. The Morgan fingerprint density at radius 3 is 1.93 bits per heavy atom. The van der Waals surface area contributed by atoms with Crippen molar-refractivity contribution >= 4 is 48.3 Å².